The van der Waals surface area contributed by atoms with Gasteiger partial charge in [0.15, 0.2) is 0 Å². The SMILES string of the molecule is CN(CCN1CCCC1)c1cc(N)cc(S(N)(=O)=O)c1. The Labute approximate surface area is 120 Å². The highest BCUT2D eigenvalue weighted by atomic mass is 32.2. The van der Waals surface area contributed by atoms with E-state index in [0.29, 0.717) is 5.69 Å². The molecule has 0 amide bonds. The van der Waals surface area contributed by atoms with E-state index in [1.807, 2.05) is 11.9 Å². The van der Waals surface area contributed by atoms with E-state index < -0.39 is 10.0 Å². The zero-order valence-electron chi connectivity index (χ0n) is 11.7. The standard InChI is InChI=1S/C13H22N4O2S/c1-16(6-7-17-4-2-3-5-17)12-8-11(14)9-13(10-12)20(15,18)19/h8-10H,2-7,14H2,1H3,(H2,15,18,19). The maximum absolute atomic E-state index is 11.4. The molecule has 1 heterocycles. The van der Waals surface area contributed by atoms with Crippen LogP contribution in [0.15, 0.2) is 23.1 Å². The highest BCUT2D eigenvalue weighted by molar-refractivity contribution is 7.89. The van der Waals surface area contributed by atoms with Crippen LogP contribution < -0.4 is 15.8 Å². The van der Waals surface area contributed by atoms with Crippen molar-refractivity contribution < 1.29 is 8.42 Å². The van der Waals surface area contributed by atoms with Crippen molar-refractivity contribution >= 4 is 21.4 Å². The number of nitrogens with two attached hydrogens (primary N) is 2. The minimum atomic E-state index is -3.73. The Morgan fingerprint density at radius 1 is 1.25 bits per heavy atom. The third-order valence-corrected chi connectivity index (χ3v) is 4.53. The van der Waals surface area contributed by atoms with Gasteiger partial charge in [0.1, 0.15) is 0 Å². The molecule has 0 spiro atoms. The molecule has 6 nitrogen and oxygen atoms in total. The summed E-state index contributed by atoms with van der Waals surface area (Å²) < 4.78 is 22.8. The first kappa shape index (κ1) is 15.1. The average molecular weight is 298 g/mol. The van der Waals surface area contributed by atoms with Gasteiger partial charge >= 0.3 is 0 Å². The third kappa shape index (κ3) is 3.84. The maximum atomic E-state index is 11.4. The number of hydrogen-bond donors (Lipinski definition) is 2. The van der Waals surface area contributed by atoms with Crippen LogP contribution in [0.5, 0.6) is 0 Å². The van der Waals surface area contributed by atoms with Crippen LogP contribution in [0.3, 0.4) is 0 Å². The molecule has 1 aromatic carbocycles. The smallest absolute Gasteiger partial charge is 0.238 e. The van der Waals surface area contributed by atoms with E-state index in [0.717, 1.165) is 31.9 Å². The normalized spacial score (nSPS) is 16.5. The number of nitrogens with zero attached hydrogens (tertiary/aromatic N) is 2. The molecular weight excluding hydrogens is 276 g/mol. The number of likely N-dealkylation sites (tertiary alicyclic amines) is 1. The Morgan fingerprint density at radius 2 is 1.90 bits per heavy atom. The van der Waals surface area contributed by atoms with Gasteiger partial charge in [-0.2, -0.15) is 0 Å². The molecule has 2 rings (SSSR count). The van der Waals surface area contributed by atoms with Gasteiger partial charge in [-0.15, -0.1) is 0 Å². The molecule has 7 heteroatoms. The van der Waals surface area contributed by atoms with Gasteiger partial charge in [0.05, 0.1) is 4.90 Å². The Morgan fingerprint density at radius 3 is 2.50 bits per heavy atom. The molecule has 20 heavy (non-hydrogen) atoms. The lowest BCUT2D eigenvalue weighted by atomic mass is 10.2. The molecule has 112 valence electrons. The van der Waals surface area contributed by atoms with Crippen LogP contribution in [0, 0.1) is 0 Å². The largest absolute Gasteiger partial charge is 0.399 e. The minimum absolute atomic E-state index is 0.0560. The average Bonchev–Trinajstić information content (AvgIpc) is 2.87. The van der Waals surface area contributed by atoms with Crippen LogP contribution in [-0.2, 0) is 10.0 Å². The van der Waals surface area contributed by atoms with Crippen molar-refractivity contribution in [3.8, 4) is 0 Å². The lowest BCUT2D eigenvalue weighted by Gasteiger charge is -2.23. The van der Waals surface area contributed by atoms with Crippen molar-refractivity contribution in [2.75, 3.05) is 43.9 Å². The number of anilines is 2. The molecule has 1 aliphatic rings. The van der Waals surface area contributed by atoms with Crippen molar-refractivity contribution in [3.05, 3.63) is 18.2 Å². The molecule has 0 atom stereocenters. The summed E-state index contributed by atoms with van der Waals surface area (Å²) in [6, 6.07) is 4.71. The van der Waals surface area contributed by atoms with Gasteiger partial charge in [-0.25, -0.2) is 13.6 Å². The first-order chi connectivity index (χ1) is 9.36. The first-order valence-corrected chi connectivity index (χ1v) is 8.28. The molecule has 0 aliphatic carbocycles. The van der Waals surface area contributed by atoms with Gasteiger partial charge in [0.2, 0.25) is 10.0 Å². The fourth-order valence-corrected chi connectivity index (χ4v) is 3.00. The van der Waals surface area contributed by atoms with Gasteiger partial charge in [0.25, 0.3) is 0 Å². The van der Waals surface area contributed by atoms with E-state index in [1.54, 1.807) is 12.1 Å². The summed E-state index contributed by atoms with van der Waals surface area (Å²) in [6.07, 6.45) is 2.52. The molecule has 1 aromatic rings. The molecule has 1 aliphatic heterocycles. The molecule has 0 unspecified atom stereocenters. The lowest BCUT2D eigenvalue weighted by molar-refractivity contribution is 0.346. The molecular formula is C13H22N4O2S. The van der Waals surface area contributed by atoms with Crippen molar-refractivity contribution in [3.63, 3.8) is 0 Å². The summed E-state index contributed by atoms with van der Waals surface area (Å²) in [7, 11) is -1.80. The van der Waals surface area contributed by atoms with Crippen molar-refractivity contribution in [2.24, 2.45) is 5.14 Å². The summed E-state index contributed by atoms with van der Waals surface area (Å²) in [6.45, 7) is 4.09. The van der Waals surface area contributed by atoms with E-state index in [1.165, 1.54) is 18.9 Å². The van der Waals surface area contributed by atoms with Crippen molar-refractivity contribution in [1.82, 2.24) is 4.90 Å². The minimum Gasteiger partial charge on any atom is -0.399 e. The predicted octanol–water partition coefficient (Wildman–Crippen LogP) is 0.448. The molecule has 0 saturated carbocycles. The molecule has 0 radical (unpaired) electrons. The monoisotopic (exact) mass is 298 g/mol. The number of rotatable bonds is 5. The van der Waals surface area contributed by atoms with Crippen LogP contribution >= 0.6 is 0 Å². The highest BCUT2D eigenvalue weighted by Gasteiger charge is 2.14. The van der Waals surface area contributed by atoms with Gasteiger partial charge in [-0.05, 0) is 44.1 Å². The predicted molar refractivity (Wildman–Crippen MR) is 81.2 cm³/mol. The van der Waals surface area contributed by atoms with Crippen LogP contribution in [0.4, 0.5) is 11.4 Å². The van der Waals surface area contributed by atoms with E-state index in [4.69, 9.17) is 10.9 Å². The fraction of sp³-hybridized carbons (Fsp3) is 0.538. The van der Waals surface area contributed by atoms with Crippen molar-refractivity contribution in [2.45, 2.75) is 17.7 Å². The zero-order chi connectivity index (χ0) is 14.8. The number of sulfonamides is 1. The van der Waals surface area contributed by atoms with E-state index in [2.05, 4.69) is 4.90 Å². The second-order valence-corrected chi connectivity index (χ2v) is 6.84. The third-order valence-electron chi connectivity index (χ3n) is 3.63. The second kappa shape index (κ2) is 5.99. The van der Waals surface area contributed by atoms with Crippen LogP contribution in [0.2, 0.25) is 0 Å². The molecule has 1 fully saturated rings. The summed E-state index contributed by atoms with van der Waals surface area (Å²) >= 11 is 0. The van der Waals surface area contributed by atoms with E-state index >= 15 is 0 Å². The molecule has 0 bridgehead atoms. The van der Waals surface area contributed by atoms with Crippen LogP contribution in [-0.4, -0.2) is 46.5 Å². The molecule has 4 N–H and O–H groups in total. The number of likely N-dealkylation sites (N-methyl/N-ethyl adjacent to an activating group) is 1. The van der Waals surface area contributed by atoms with Crippen molar-refractivity contribution in [1.29, 1.82) is 0 Å². The Kier molecular flexibility index (Phi) is 4.52. The first-order valence-electron chi connectivity index (χ1n) is 6.73. The summed E-state index contributed by atoms with van der Waals surface area (Å²) in [4.78, 5) is 4.47. The summed E-state index contributed by atoms with van der Waals surface area (Å²) in [5, 5.41) is 5.16. The topological polar surface area (TPSA) is 92.7 Å². The molecule has 1 saturated heterocycles. The van der Waals surface area contributed by atoms with Gasteiger partial charge in [-0.3, -0.25) is 0 Å². The fourth-order valence-electron chi connectivity index (χ4n) is 2.42. The summed E-state index contributed by atoms with van der Waals surface area (Å²) in [5.41, 5.74) is 6.93. The van der Waals surface area contributed by atoms with Crippen LogP contribution in [0.1, 0.15) is 12.8 Å². The van der Waals surface area contributed by atoms with Gasteiger partial charge in [-0.1, -0.05) is 0 Å². The quantitative estimate of drug-likeness (QED) is 0.770. The highest BCUT2D eigenvalue weighted by Crippen LogP contribution is 2.22. The van der Waals surface area contributed by atoms with Crippen LogP contribution in [0.25, 0.3) is 0 Å². The van der Waals surface area contributed by atoms with E-state index in [9.17, 15) is 8.42 Å². The number of nitrogen functional groups attached to an aromatic ring is 1. The maximum Gasteiger partial charge on any atom is 0.238 e. The number of primary sulfonamides is 1. The zero-order valence-corrected chi connectivity index (χ0v) is 12.6. The Bertz CT molecular complexity index is 568. The lowest BCUT2D eigenvalue weighted by Crippen LogP contribution is -2.31. The Balaban J connectivity index is 2.08. The summed E-state index contributed by atoms with van der Waals surface area (Å²) in [5.74, 6) is 0. The van der Waals surface area contributed by atoms with Gasteiger partial charge in [0, 0.05) is 31.5 Å². The number of benzene rings is 1. The van der Waals surface area contributed by atoms with Gasteiger partial charge < -0.3 is 15.5 Å². The second-order valence-electron chi connectivity index (χ2n) is 5.28. The molecule has 0 aromatic heterocycles. The Hall–Kier alpha value is -1.31. The number of hydrogen-bond acceptors (Lipinski definition) is 5. The van der Waals surface area contributed by atoms with E-state index in [-0.39, 0.29) is 4.90 Å².